The number of fused-ring (bicyclic) bond motifs is 1. The molecule has 2 aromatic rings. The van der Waals surface area contributed by atoms with E-state index in [4.69, 9.17) is 9.47 Å². The molecule has 0 unspecified atom stereocenters. The zero-order valence-corrected chi connectivity index (χ0v) is 15.9. The van der Waals surface area contributed by atoms with Crippen LogP contribution < -0.4 is 10.9 Å². The summed E-state index contributed by atoms with van der Waals surface area (Å²) in [6, 6.07) is 3.10. The Morgan fingerprint density at radius 3 is 2.54 bits per heavy atom. The van der Waals surface area contributed by atoms with Gasteiger partial charge >= 0.3 is 0 Å². The summed E-state index contributed by atoms with van der Waals surface area (Å²) in [5.41, 5.74) is 0.631. The average molecular weight is 410 g/mol. The third-order valence-corrected chi connectivity index (χ3v) is 6.43. The number of ether oxygens (including phenoxy) is 2. The predicted molar refractivity (Wildman–Crippen MR) is 112 cm³/mol. The molecule has 6 nitrogen and oxygen atoms in total. The first-order valence-electron chi connectivity index (χ1n) is 9.45. The molecule has 0 bridgehead atoms. The molecule has 2 fully saturated rings. The first-order valence-corrected chi connectivity index (χ1v) is 10.5. The Morgan fingerprint density at radius 1 is 1.14 bits per heavy atom. The van der Waals surface area contributed by atoms with Gasteiger partial charge in [0.2, 0.25) is 0 Å². The molecule has 2 N–H and O–H groups in total. The van der Waals surface area contributed by atoms with E-state index in [1.165, 1.54) is 6.07 Å². The van der Waals surface area contributed by atoms with Crippen molar-refractivity contribution >= 4 is 28.4 Å². The lowest BCUT2D eigenvalue weighted by Crippen LogP contribution is -2.28. The van der Waals surface area contributed by atoms with E-state index < -0.39 is 5.82 Å². The number of aromatic nitrogens is 2. The summed E-state index contributed by atoms with van der Waals surface area (Å²) >= 11 is 1.79. The van der Waals surface area contributed by atoms with E-state index >= 15 is 0 Å². The fourth-order valence-electron chi connectivity index (χ4n) is 3.49. The smallest absolute Gasteiger partial charge is 0.258 e. The molecule has 1 aromatic heterocycles. The quantitative estimate of drug-likeness (QED) is 0.784. The van der Waals surface area contributed by atoms with E-state index in [2.05, 4.69) is 15.3 Å². The molecule has 0 spiro atoms. The average Bonchev–Trinajstić information content (AvgIpc) is 2.69. The zero-order chi connectivity index (χ0) is 18.6. The van der Waals surface area contributed by atoms with Gasteiger partial charge in [-0.3, -0.25) is 4.79 Å². The Bertz CT molecular complexity index is 848. The summed E-state index contributed by atoms with van der Waals surface area (Å²) in [7, 11) is 0. The van der Waals surface area contributed by atoms with Crippen LogP contribution in [0.1, 0.15) is 38.9 Å². The molecule has 8 heteroatoms. The van der Waals surface area contributed by atoms with Gasteiger partial charge in [0.05, 0.1) is 22.3 Å². The van der Waals surface area contributed by atoms with Crippen molar-refractivity contribution in [3.8, 4) is 0 Å². The van der Waals surface area contributed by atoms with Crippen molar-refractivity contribution in [2.24, 2.45) is 0 Å². The minimum absolute atomic E-state index is 0. The van der Waals surface area contributed by atoms with E-state index in [1.807, 2.05) is 0 Å². The van der Waals surface area contributed by atoms with Crippen LogP contribution in [0.3, 0.4) is 0 Å². The van der Waals surface area contributed by atoms with Crippen molar-refractivity contribution in [1.29, 1.82) is 0 Å². The SMILES string of the molecule is C.O=c1[nH]c(CSC2CCOCC2)nc2cc(NC3CCOCC3)c(F)cc12. The number of benzene rings is 1. The number of halogens is 1. The van der Waals surface area contributed by atoms with Gasteiger partial charge in [-0.25, -0.2) is 9.37 Å². The third kappa shape index (κ3) is 5.04. The summed E-state index contributed by atoms with van der Waals surface area (Å²) in [5, 5.41) is 4.05. The Morgan fingerprint density at radius 2 is 1.82 bits per heavy atom. The maximum Gasteiger partial charge on any atom is 0.258 e. The van der Waals surface area contributed by atoms with Crippen LogP contribution in [0.4, 0.5) is 10.1 Å². The van der Waals surface area contributed by atoms with Crippen molar-refractivity contribution in [3.05, 3.63) is 34.1 Å². The molecule has 0 atom stereocenters. The molecule has 1 aromatic carbocycles. The molecule has 0 aliphatic carbocycles. The van der Waals surface area contributed by atoms with E-state index in [1.54, 1.807) is 17.8 Å². The first-order chi connectivity index (χ1) is 13.2. The molecular formula is C20H28FN3O3S. The van der Waals surface area contributed by atoms with Crippen molar-refractivity contribution in [1.82, 2.24) is 9.97 Å². The van der Waals surface area contributed by atoms with Gasteiger partial charge in [0, 0.05) is 37.7 Å². The highest BCUT2D eigenvalue weighted by molar-refractivity contribution is 7.99. The molecule has 3 heterocycles. The lowest BCUT2D eigenvalue weighted by molar-refractivity contribution is 0.0904. The largest absolute Gasteiger partial charge is 0.381 e. The minimum atomic E-state index is -0.425. The molecule has 2 saturated heterocycles. The number of nitrogens with zero attached hydrogens (tertiary/aromatic N) is 1. The van der Waals surface area contributed by atoms with Crippen LogP contribution in [0, 0.1) is 5.82 Å². The van der Waals surface area contributed by atoms with Gasteiger partial charge in [0.15, 0.2) is 0 Å². The van der Waals surface area contributed by atoms with Crippen LogP contribution >= 0.6 is 11.8 Å². The number of anilines is 1. The topological polar surface area (TPSA) is 76.2 Å². The summed E-state index contributed by atoms with van der Waals surface area (Å²) < 4.78 is 25.2. The fourth-order valence-corrected chi connectivity index (χ4v) is 4.54. The number of aromatic amines is 1. The summed E-state index contributed by atoms with van der Waals surface area (Å²) in [6.45, 7) is 2.94. The van der Waals surface area contributed by atoms with Gasteiger partial charge in [-0.15, -0.1) is 0 Å². The van der Waals surface area contributed by atoms with Gasteiger partial charge in [0.1, 0.15) is 11.6 Å². The number of thioether (sulfide) groups is 1. The van der Waals surface area contributed by atoms with Gasteiger partial charge in [-0.05, 0) is 37.8 Å². The first kappa shape index (κ1) is 21.1. The van der Waals surface area contributed by atoms with E-state index in [9.17, 15) is 9.18 Å². The van der Waals surface area contributed by atoms with Crippen LogP contribution in [-0.4, -0.2) is 47.7 Å². The zero-order valence-electron chi connectivity index (χ0n) is 15.1. The number of nitrogens with one attached hydrogen (secondary N) is 2. The highest BCUT2D eigenvalue weighted by Crippen LogP contribution is 2.26. The Hall–Kier alpha value is -1.64. The predicted octanol–water partition coefficient (Wildman–Crippen LogP) is 3.70. The van der Waals surface area contributed by atoms with Gasteiger partial charge in [0.25, 0.3) is 5.56 Å². The number of rotatable bonds is 5. The molecule has 0 radical (unpaired) electrons. The van der Waals surface area contributed by atoms with Crippen molar-refractivity contribution < 1.29 is 13.9 Å². The minimum Gasteiger partial charge on any atom is -0.381 e. The Kier molecular flexibility index (Phi) is 7.31. The maximum absolute atomic E-state index is 14.5. The standard InChI is InChI=1S/C19H24FN3O3S.CH4/c20-15-9-14-16(10-17(15)21-12-1-5-25-6-2-12)22-18(23-19(14)24)11-27-13-3-7-26-8-4-13;/h9-10,12-13,21H,1-8,11H2,(H,22,23,24);1H4. The summed E-state index contributed by atoms with van der Waals surface area (Å²) in [5.74, 6) is 0.842. The van der Waals surface area contributed by atoms with Crippen molar-refractivity contribution in [2.75, 3.05) is 31.7 Å². The summed E-state index contributed by atoms with van der Waals surface area (Å²) in [4.78, 5) is 19.7. The van der Waals surface area contributed by atoms with Crippen LogP contribution in [0.25, 0.3) is 10.9 Å². The molecule has 154 valence electrons. The molecular weight excluding hydrogens is 381 g/mol. The molecule has 2 aliphatic heterocycles. The highest BCUT2D eigenvalue weighted by Gasteiger charge is 2.18. The van der Waals surface area contributed by atoms with Crippen LogP contribution in [0.15, 0.2) is 16.9 Å². The number of hydrogen-bond donors (Lipinski definition) is 2. The highest BCUT2D eigenvalue weighted by atomic mass is 32.2. The van der Waals surface area contributed by atoms with E-state index in [0.29, 0.717) is 41.2 Å². The second-order valence-corrected chi connectivity index (χ2v) is 8.30. The monoisotopic (exact) mass is 409 g/mol. The molecule has 0 saturated carbocycles. The normalized spacial score (nSPS) is 18.8. The second kappa shape index (κ2) is 9.71. The summed E-state index contributed by atoms with van der Waals surface area (Å²) in [6.07, 6.45) is 3.72. The molecule has 2 aliphatic rings. The van der Waals surface area contributed by atoms with Gasteiger partial charge in [-0.1, -0.05) is 7.43 Å². The number of H-pyrrole nitrogens is 1. The molecule has 4 rings (SSSR count). The maximum atomic E-state index is 14.5. The van der Waals surface area contributed by atoms with Gasteiger partial charge < -0.3 is 19.8 Å². The van der Waals surface area contributed by atoms with E-state index in [0.717, 1.165) is 38.9 Å². The van der Waals surface area contributed by atoms with Crippen molar-refractivity contribution in [3.63, 3.8) is 0 Å². The van der Waals surface area contributed by atoms with Gasteiger partial charge in [-0.2, -0.15) is 11.8 Å². The lowest BCUT2D eigenvalue weighted by Gasteiger charge is -2.24. The molecule has 0 amide bonds. The Labute approximate surface area is 168 Å². The molecule has 28 heavy (non-hydrogen) atoms. The van der Waals surface area contributed by atoms with Crippen LogP contribution in [0.2, 0.25) is 0 Å². The second-order valence-electron chi connectivity index (χ2n) is 7.02. The number of hydrogen-bond acceptors (Lipinski definition) is 6. The van der Waals surface area contributed by atoms with Crippen molar-refractivity contribution in [2.45, 2.75) is 50.2 Å². The fraction of sp³-hybridized carbons (Fsp3) is 0.600. The van der Waals surface area contributed by atoms with Crippen LogP contribution in [-0.2, 0) is 15.2 Å². The van der Waals surface area contributed by atoms with Crippen LogP contribution in [0.5, 0.6) is 0 Å². The Balaban J connectivity index is 0.00000225. The van der Waals surface area contributed by atoms with E-state index in [-0.39, 0.29) is 24.4 Å². The lowest BCUT2D eigenvalue weighted by atomic mass is 10.1. The third-order valence-electron chi connectivity index (χ3n) is 5.05.